The number of aromatic nitrogens is 3. The van der Waals surface area contributed by atoms with E-state index in [1.54, 1.807) is 35.8 Å². The van der Waals surface area contributed by atoms with Gasteiger partial charge < -0.3 is 10.5 Å². The van der Waals surface area contributed by atoms with Crippen LogP contribution in [-0.4, -0.2) is 32.3 Å². The van der Waals surface area contributed by atoms with Crippen molar-refractivity contribution < 1.29 is 9.53 Å². The number of hydrogen-bond acceptors (Lipinski definition) is 5. The molecule has 0 atom stereocenters. The standard InChI is InChI=1S/C25H29N5O3/c1-17-28-30(21-14-10-19(11-15-21)24(26)27)25(32)29(17)20-12-7-18(8-13-20)9-16-23(31)33-22-5-3-2-4-6-22/h7-8,10-15,22H,2-6,9,16H2,1H3,(H3,26,27). The number of esters is 1. The normalized spacial score (nSPS) is 14.2. The second kappa shape index (κ2) is 9.85. The van der Waals surface area contributed by atoms with E-state index in [1.807, 2.05) is 24.3 Å². The number of rotatable bonds is 7. The Hall–Kier alpha value is -3.68. The third kappa shape index (κ3) is 5.22. The number of aryl methyl sites for hydroxylation is 2. The van der Waals surface area contributed by atoms with Crippen molar-refractivity contribution in [3.63, 3.8) is 0 Å². The molecule has 33 heavy (non-hydrogen) atoms. The Bertz CT molecular complexity index is 1190. The quantitative estimate of drug-likeness (QED) is 0.327. The number of nitrogen functional groups attached to an aromatic ring is 1. The van der Waals surface area contributed by atoms with Crippen molar-refractivity contribution in [3.8, 4) is 11.4 Å². The molecule has 3 N–H and O–H groups in total. The molecule has 1 fully saturated rings. The second-order valence-electron chi connectivity index (χ2n) is 8.45. The van der Waals surface area contributed by atoms with Gasteiger partial charge in [-0.2, -0.15) is 4.68 Å². The average Bonchev–Trinajstić information content (AvgIpc) is 3.12. The summed E-state index contributed by atoms with van der Waals surface area (Å²) < 4.78 is 8.46. The maximum atomic E-state index is 13.0. The van der Waals surface area contributed by atoms with Gasteiger partial charge in [0.05, 0.1) is 11.4 Å². The second-order valence-corrected chi connectivity index (χ2v) is 8.45. The molecule has 1 aliphatic rings. The van der Waals surface area contributed by atoms with Crippen molar-refractivity contribution in [3.05, 3.63) is 76.0 Å². The van der Waals surface area contributed by atoms with Crippen molar-refractivity contribution in [1.82, 2.24) is 14.3 Å². The van der Waals surface area contributed by atoms with Crippen LogP contribution in [0.3, 0.4) is 0 Å². The van der Waals surface area contributed by atoms with Crippen LogP contribution in [0.2, 0.25) is 0 Å². The minimum Gasteiger partial charge on any atom is -0.462 e. The monoisotopic (exact) mass is 447 g/mol. The highest BCUT2D eigenvalue weighted by atomic mass is 16.5. The van der Waals surface area contributed by atoms with Gasteiger partial charge in [-0.3, -0.25) is 10.2 Å². The number of carbonyl (C=O) groups excluding carboxylic acids is 1. The third-order valence-corrected chi connectivity index (χ3v) is 6.03. The molecule has 0 spiro atoms. The van der Waals surface area contributed by atoms with Crippen LogP contribution < -0.4 is 11.4 Å². The van der Waals surface area contributed by atoms with E-state index < -0.39 is 0 Å². The van der Waals surface area contributed by atoms with Crippen LogP contribution in [0.1, 0.15) is 55.5 Å². The first-order chi connectivity index (χ1) is 15.9. The first kappa shape index (κ1) is 22.5. The van der Waals surface area contributed by atoms with Crippen molar-refractivity contribution >= 4 is 11.8 Å². The van der Waals surface area contributed by atoms with Gasteiger partial charge in [-0.15, -0.1) is 5.10 Å². The molecule has 0 aliphatic heterocycles. The number of carbonyl (C=O) groups is 1. The van der Waals surface area contributed by atoms with E-state index in [-0.39, 0.29) is 23.6 Å². The number of nitrogens with one attached hydrogen (secondary N) is 1. The molecule has 1 saturated carbocycles. The maximum Gasteiger partial charge on any atom is 0.355 e. The van der Waals surface area contributed by atoms with E-state index >= 15 is 0 Å². The molecule has 172 valence electrons. The Morgan fingerprint density at radius 3 is 2.33 bits per heavy atom. The molecule has 4 rings (SSSR count). The van der Waals surface area contributed by atoms with Crippen LogP contribution in [0.4, 0.5) is 0 Å². The number of benzene rings is 2. The van der Waals surface area contributed by atoms with Crippen LogP contribution in [0.25, 0.3) is 11.4 Å². The fourth-order valence-electron chi connectivity index (χ4n) is 4.20. The molecular weight excluding hydrogens is 418 g/mol. The molecule has 2 aromatic carbocycles. The van der Waals surface area contributed by atoms with Gasteiger partial charge in [0.15, 0.2) is 0 Å². The van der Waals surface area contributed by atoms with E-state index in [9.17, 15) is 9.59 Å². The van der Waals surface area contributed by atoms with Crippen LogP contribution >= 0.6 is 0 Å². The summed E-state index contributed by atoms with van der Waals surface area (Å²) in [5.41, 5.74) is 8.11. The van der Waals surface area contributed by atoms with E-state index in [2.05, 4.69) is 5.10 Å². The molecule has 0 radical (unpaired) electrons. The molecule has 0 bridgehead atoms. The summed E-state index contributed by atoms with van der Waals surface area (Å²) >= 11 is 0. The zero-order valence-corrected chi connectivity index (χ0v) is 18.8. The number of hydrogen-bond donors (Lipinski definition) is 2. The summed E-state index contributed by atoms with van der Waals surface area (Å²) in [7, 11) is 0. The lowest BCUT2D eigenvalue weighted by Gasteiger charge is -2.21. The average molecular weight is 448 g/mol. The number of ether oxygens (including phenoxy) is 1. The molecule has 3 aromatic rings. The van der Waals surface area contributed by atoms with E-state index in [4.69, 9.17) is 15.9 Å². The zero-order valence-electron chi connectivity index (χ0n) is 18.8. The van der Waals surface area contributed by atoms with Crippen LogP contribution in [0.15, 0.2) is 53.3 Å². The van der Waals surface area contributed by atoms with Crippen molar-refractivity contribution in [1.29, 1.82) is 5.41 Å². The smallest absolute Gasteiger partial charge is 0.355 e. The van der Waals surface area contributed by atoms with Crippen LogP contribution in [-0.2, 0) is 16.0 Å². The summed E-state index contributed by atoms with van der Waals surface area (Å²) in [6, 6.07) is 14.4. The van der Waals surface area contributed by atoms with E-state index in [1.165, 1.54) is 11.1 Å². The Morgan fingerprint density at radius 1 is 1.06 bits per heavy atom. The lowest BCUT2D eigenvalue weighted by Crippen LogP contribution is -2.23. The van der Waals surface area contributed by atoms with Gasteiger partial charge in [0, 0.05) is 12.0 Å². The summed E-state index contributed by atoms with van der Waals surface area (Å²) in [6.07, 6.45) is 6.49. The molecule has 8 nitrogen and oxygen atoms in total. The topological polar surface area (TPSA) is 116 Å². The SMILES string of the molecule is Cc1nn(-c2ccc(C(=N)N)cc2)c(=O)n1-c1ccc(CCC(=O)OC2CCCCC2)cc1. The molecule has 0 amide bonds. The van der Waals surface area contributed by atoms with Crippen molar-refractivity contribution in [2.75, 3.05) is 0 Å². The van der Waals surface area contributed by atoms with Crippen molar-refractivity contribution in [2.45, 2.75) is 58.0 Å². The van der Waals surface area contributed by atoms with Gasteiger partial charge in [0.1, 0.15) is 17.8 Å². The van der Waals surface area contributed by atoms with E-state index in [0.717, 1.165) is 31.2 Å². The predicted molar refractivity (Wildman–Crippen MR) is 126 cm³/mol. The van der Waals surface area contributed by atoms with Gasteiger partial charge in [0.2, 0.25) is 0 Å². The Morgan fingerprint density at radius 2 is 1.70 bits per heavy atom. The predicted octanol–water partition coefficient (Wildman–Crippen LogP) is 3.42. The minimum absolute atomic E-state index is 0.0297. The first-order valence-corrected chi connectivity index (χ1v) is 11.3. The largest absolute Gasteiger partial charge is 0.462 e. The highest BCUT2D eigenvalue weighted by molar-refractivity contribution is 5.95. The number of amidine groups is 1. The molecule has 0 unspecified atom stereocenters. The third-order valence-electron chi connectivity index (χ3n) is 6.03. The zero-order chi connectivity index (χ0) is 23.4. The summed E-state index contributed by atoms with van der Waals surface area (Å²) in [6.45, 7) is 1.77. The molecule has 0 saturated heterocycles. The maximum absolute atomic E-state index is 13.0. The lowest BCUT2D eigenvalue weighted by molar-refractivity contribution is -0.150. The van der Waals surface area contributed by atoms with Gasteiger partial charge in [0.25, 0.3) is 0 Å². The number of nitrogens with zero attached hydrogens (tertiary/aromatic N) is 3. The molecular formula is C25H29N5O3. The van der Waals surface area contributed by atoms with Crippen LogP contribution in [0, 0.1) is 12.3 Å². The fraction of sp³-hybridized carbons (Fsp3) is 0.360. The Balaban J connectivity index is 1.43. The summed E-state index contributed by atoms with van der Waals surface area (Å²) in [5.74, 6) is 0.382. The molecule has 1 aromatic heterocycles. The first-order valence-electron chi connectivity index (χ1n) is 11.3. The van der Waals surface area contributed by atoms with Gasteiger partial charge >= 0.3 is 11.7 Å². The molecule has 1 heterocycles. The van der Waals surface area contributed by atoms with Gasteiger partial charge in [-0.1, -0.05) is 18.6 Å². The highest BCUT2D eigenvalue weighted by Gasteiger charge is 2.18. The lowest BCUT2D eigenvalue weighted by atomic mass is 9.98. The van der Waals surface area contributed by atoms with Crippen LogP contribution in [0.5, 0.6) is 0 Å². The highest BCUT2D eigenvalue weighted by Crippen LogP contribution is 2.21. The number of nitrogens with two attached hydrogens (primary N) is 1. The Kier molecular flexibility index (Phi) is 6.72. The Labute approximate surface area is 192 Å². The minimum atomic E-state index is -0.285. The van der Waals surface area contributed by atoms with E-state index in [0.29, 0.717) is 35.6 Å². The summed E-state index contributed by atoms with van der Waals surface area (Å²) in [5, 5.41) is 11.9. The summed E-state index contributed by atoms with van der Waals surface area (Å²) in [4.78, 5) is 25.2. The molecule has 8 heteroatoms. The van der Waals surface area contributed by atoms with Crippen molar-refractivity contribution in [2.24, 2.45) is 5.73 Å². The molecule has 1 aliphatic carbocycles. The van der Waals surface area contributed by atoms with Gasteiger partial charge in [-0.25, -0.2) is 9.36 Å². The fourth-order valence-corrected chi connectivity index (χ4v) is 4.20. The van der Waals surface area contributed by atoms with Gasteiger partial charge in [-0.05, 0) is 81.0 Å².